The lowest BCUT2D eigenvalue weighted by Crippen LogP contribution is -2.37. The van der Waals surface area contributed by atoms with E-state index in [0.717, 1.165) is 37.0 Å². The maximum atomic E-state index is 13.2. The first-order valence-corrected chi connectivity index (χ1v) is 12.2. The van der Waals surface area contributed by atoms with Crippen molar-refractivity contribution in [3.8, 4) is 0 Å². The van der Waals surface area contributed by atoms with E-state index < -0.39 is 17.2 Å². The van der Waals surface area contributed by atoms with E-state index >= 15 is 0 Å². The monoisotopic (exact) mass is 443 g/mol. The van der Waals surface area contributed by atoms with Crippen molar-refractivity contribution in [2.45, 2.75) is 71.4 Å². The van der Waals surface area contributed by atoms with Gasteiger partial charge in [0.2, 0.25) is 5.43 Å². The Labute approximate surface area is 188 Å². The SMILES string of the molecule is CCC(NC(=O)c1cn(C2CCCCC2)cc(C(=O)NCC(C)C)c1=O)c1cccs1. The molecule has 2 heterocycles. The standard InChI is InChI=1S/C24H33N3O3S/c1-4-20(21-11-8-12-31-21)26-24(30)19-15-27(17-9-6-5-7-10-17)14-18(22(19)28)23(29)25-13-16(2)3/h8,11-12,14-17,20H,4-7,9-10,13H2,1-3H3,(H,25,29)(H,26,30). The number of hydrogen-bond acceptors (Lipinski definition) is 4. The minimum atomic E-state index is -0.508. The summed E-state index contributed by atoms with van der Waals surface area (Å²) in [4.78, 5) is 40.2. The fourth-order valence-corrected chi connectivity index (χ4v) is 4.86. The van der Waals surface area contributed by atoms with Gasteiger partial charge in [-0.3, -0.25) is 14.4 Å². The van der Waals surface area contributed by atoms with Crippen LogP contribution in [0.3, 0.4) is 0 Å². The van der Waals surface area contributed by atoms with Gasteiger partial charge in [0, 0.05) is 29.9 Å². The summed E-state index contributed by atoms with van der Waals surface area (Å²) < 4.78 is 1.92. The number of nitrogens with zero attached hydrogens (tertiary/aromatic N) is 1. The average Bonchev–Trinajstić information content (AvgIpc) is 3.31. The van der Waals surface area contributed by atoms with Crippen LogP contribution in [0.5, 0.6) is 0 Å². The number of rotatable bonds is 8. The highest BCUT2D eigenvalue weighted by atomic mass is 32.1. The van der Waals surface area contributed by atoms with Crippen molar-refractivity contribution >= 4 is 23.2 Å². The zero-order valence-electron chi connectivity index (χ0n) is 18.6. The summed E-state index contributed by atoms with van der Waals surface area (Å²) in [6.45, 7) is 6.48. The minimum absolute atomic E-state index is 0.0396. The van der Waals surface area contributed by atoms with Crippen LogP contribution >= 0.6 is 11.3 Å². The van der Waals surface area contributed by atoms with Crippen LogP contribution < -0.4 is 16.1 Å². The summed E-state index contributed by atoms with van der Waals surface area (Å²) >= 11 is 1.58. The Hall–Kier alpha value is -2.41. The molecule has 0 spiro atoms. The number of thiophene rings is 1. The second kappa shape index (κ2) is 10.8. The van der Waals surface area contributed by atoms with Crippen molar-refractivity contribution in [1.29, 1.82) is 0 Å². The maximum Gasteiger partial charge on any atom is 0.257 e. The van der Waals surface area contributed by atoms with Crippen molar-refractivity contribution in [3.63, 3.8) is 0 Å². The van der Waals surface area contributed by atoms with Gasteiger partial charge in [-0.2, -0.15) is 0 Å². The van der Waals surface area contributed by atoms with Crippen molar-refractivity contribution < 1.29 is 9.59 Å². The Kier molecular flexibility index (Phi) is 8.07. The molecule has 0 bridgehead atoms. The van der Waals surface area contributed by atoms with Gasteiger partial charge in [-0.1, -0.05) is 46.1 Å². The highest BCUT2D eigenvalue weighted by Crippen LogP contribution is 2.28. The van der Waals surface area contributed by atoms with Crippen LogP contribution in [0.4, 0.5) is 0 Å². The Morgan fingerprint density at radius 1 is 1.13 bits per heavy atom. The molecule has 0 radical (unpaired) electrons. The molecule has 31 heavy (non-hydrogen) atoms. The molecule has 3 rings (SSSR count). The van der Waals surface area contributed by atoms with Crippen molar-refractivity contribution in [1.82, 2.24) is 15.2 Å². The quantitative estimate of drug-likeness (QED) is 0.621. The third-order valence-corrected chi connectivity index (χ3v) is 6.79. The van der Waals surface area contributed by atoms with Crippen LogP contribution in [0.15, 0.2) is 34.7 Å². The molecule has 1 saturated carbocycles. The number of nitrogens with one attached hydrogen (secondary N) is 2. The van der Waals surface area contributed by atoms with Gasteiger partial charge in [-0.25, -0.2) is 0 Å². The summed E-state index contributed by atoms with van der Waals surface area (Å²) in [5.41, 5.74) is -0.423. The lowest BCUT2D eigenvalue weighted by Gasteiger charge is -2.26. The maximum absolute atomic E-state index is 13.2. The fraction of sp³-hybridized carbons (Fsp3) is 0.542. The lowest BCUT2D eigenvalue weighted by atomic mass is 9.95. The molecule has 0 aromatic carbocycles. The summed E-state index contributed by atoms with van der Waals surface area (Å²) in [5, 5.41) is 7.80. The summed E-state index contributed by atoms with van der Waals surface area (Å²) in [7, 11) is 0. The molecule has 1 fully saturated rings. The molecule has 1 unspecified atom stereocenters. The van der Waals surface area contributed by atoms with E-state index in [1.54, 1.807) is 23.7 Å². The normalized spacial score (nSPS) is 15.6. The van der Waals surface area contributed by atoms with Crippen molar-refractivity contribution in [2.24, 2.45) is 5.92 Å². The van der Waals surface area contributed by atoms with Crippen LogP contribution in [0.1, 0.15) is 97.0 Å². The number of carbonyl (C=O) groups is 2. The summed E-state index contributed by atoms with van der Waals surface area (Å²) in [5.74, 6) is -0.566. The molecule has 168 valence electrons. The second-order valence-electron chi connectivity index (χ2n) is 8.71. The number of amides is 2. The molecule has 1 aliphatic carbocycles. The van der Waals surface area contributed by atoms with E-state index in [9.17, 15) is 14.4 Å². The molecule has 2 amide bonds. The van der Waals surface area contributed by atoms with E-state index in [1.165, 1.54) is 6.42 Å². The Bertz CT molecular complexity index is 943. The minimum Gasteiger partial charge on any atom is -0.352 e. The van der Waals surface area contributed by atoms with Crippen molar-refractivity contribution in [3.05, 3.63) is 56.1 Å². The summed E-state index contributed by atoms with van der Waals surface area (Å²) in [6.07, 6.45) is 9.41. The molecule has 7 heteroatoms. The zero-order chi connectivity index (χ0) is 22.4. The van der Waals surface area contributed by atoms with Gasteiger partial charge in [0.05, 0.1) is 6.04 Å². The van der Waals surface area contributed by atoms with E-state index in [1.807, 2.05) is 42.9 Å². The molecule has 6 nitrogen and oxygen atoms in total. The van der Waals surface area contributed by atoms with E-state index in [2.05, 4.69) is 10.6 Å². The largest absolute Gasteiger partial charge is 0.352 e. The molecule has 2 aromatic rings. The first kappa shape index (κ1) is 23.3. The Balaban J connectivity index is 1.94. The first-order chi connectivity index (χ1) is 14.9. The van der Waals surface area contributed by atoms with Crippen molar-refractivity contribution in [2.75, 3.05) is 6.54 Å². The summed E-state index contributed by atoms with van der Waals surface area (Å²) in [6, 6.07) is 3.98. The van der Waals surface area contributed by atoms with Gasteiger partial charge in [0.25, 0.3) is 11.8 Å². The predicted octanol–water partition coefficient (Wildman–Crippen LogP) is 4.68. The van der Waals surface area contributed by atoms with Gasteiger partial charge in [0.15, 0.2) is 0 Å². The van der Waals surface area contributed by atoms with Gasteiger partial charge in [0.1, 0.15) is 11.1 Å². The van der Waals surface area contributed by atoms with Gasteiger partial charge >= 0.3 is 0 Å². The molecule has 0 saturated heterocycles. The van der Waals surface area contributed by atoms with Crippen LogP contribution in [0.25, 0.3) is 0 Å². The van der Waals surface area contributed by atoms with Crippen LogP contribution in [-0.4, -0.2) is 22.9 Å². The third-order valence-electron chi connectivity index (χ3n) is 5.80. The van der Waals surface area contributed by atoms with Gasteiger partial charge in [-0.15, -0.1) is 11.3 Å². The third kappa shape index (κ3) is 5.85. The number of aromatic nitrogens is 1. The molecule has 1 aliphatic rings. The topological polar surface area (TPSA) is 80.2 Å². The van der Waals surface area contributed by atoms with E-state index in [0.29, 0.717) is 6.54 Å². The molecular formula is C24H33N3O3S. The highest BCUT2D eigenvalue weighted by Gasteiger charge is 2.24. The number of hydrogen-bond donors (Lipinski definition) is 2. The zero-order valence-corrected chi connectivity index (χ0v) is 19.5. The smallest absolute Gasteiger partial charge is 0.257 e. The van der Waals surface area contributed by atoms with Gasteiger partial charge < -0.3 is 15.2 Å². The van der Waals surface area contributed by atoms with E-state index in [4.69, 9.17) is 0 Å². The van der Waals surface area contributed by atoms with Crippen LogP contribution in [-0.2, 0) is 0 Å². The highest BCUT2D eigenvalue weighted by molar-refractivity contribution is 7.10. The average molecular weight is 444 g/mol. The Morgan fingerprint density at radius 2 is 1.81 bits per heavy atom. The second-order valence-corrected chi connectivity index (χ2v) is 9.69. The number of pyridine rings is 1. The first-order valence-electron chi connectivity index (χ1n) is 11.3. The molecule has 2 N–H and O–H groups in total. The van der Waals surface area contributed by atoms with E-state index in [-0.39, 0.29) is 29.1 Å². The molecule has 1 atom stereocenters. The fourth-order valence-electron chi connectivity index (χ4n) is 4.00. The van der Waals surface area contributed by atoms with Crippen LogP contribution in [0.2, 0.25) is 0 Å². The Morgan fingerprint density at radius 3 is 2.39 bits per heavy atom. The molecule has 2 aromatic heterocycles. The van der Waals surface area contributed by atoms with Crippen LogP contribution in [0, 0.1) is 5.92 Å². The lowest BCUT2D eigenvalue weighted by molar-refractivity contribution is 0.0934. The predicted molar refractivity (Wildman–Crippen MR) is 125 cm³/mol. The molecule has 0 aliphatic heterocycles. The van der Waals surface area contributed by atoms with Gasteiger partial charge in [-0.05, 0) is 36.6 Å². The number of carbonyl (C=O) groups excluding carboxylic acids is 2. The molecular weight excluding hydrogens is 410 g/mol.